The summed E-state index contributed by atoms with van der Waals surface area (Å²) in [5.41, 5.74) is 11.1. The van der Waals surface area contributed by atoms with Gasteiger partial charge in [0.25, 0.3) is 0 Å². The minimum Gasteiger partial charge on any atom is -0.401 e. The molecule has 0 unspecified atom stereocenters. The average molecular weight is 199 g/mol. The van der Waals surface area contributed by atoms with E-state index in [4.69, 9.17) is 16.9 Å². The van der Waals surface area contributed by atoms with Gasteiger partial charge >= 0.3 is 0 Å². The molecule has 0 aromatic carbocycles. The van der Waals surface area contributed by atoms with Crippen LogP contribution in [0.4, 0.5) is 0 Å². The van der Waals surface area contributed by atoms with Crippen LogP contribution in [-0.4, -0.2) is 11.5 Å². The van der Waals surface area contributed by atoms with Crippen LogP contribution in [-0.2, 0) is 4.79 Å². The van der Waals surface area contributed by atoms with Gasteiger partial charge in [0, 0.05) is 12.6 Å². The summed E-state index contributed by atoms with van der Waals surface area (Å²) in [7, 11) is 0. The summed E-state index contributed by atoms with van der Waals surface area (Å²) in [4.78, 5) is 11.2. The maximum Gasteiger partial charge on any atom is 0.178 e. The van der Waals surface area contributed by atoms with Crippen molar-refractivity contribution in [2.75, 3.05) is 0 Å². The Kier molecular flexibility index (Phi) is 4.27. The van der Waals surface area contributed by atoms with Gasteiger partial charge in [-0.05, 0) is 6.92 Å². The van der Waals surface area contributed by atoms with Crippen LogP contribution in [0.1, 0.15) is 13.8 Å². The molecule has 0 aliphatic rings. The van der Waals surface area contributed by atoms with Crippen molar-refractivity contribution in [2.24, 2.45) is 11.5 Å². The number of allylic oxidation sites excluding steroid dienone is 2. The normalized spacial score (nSPS) is 11.8. The molecule has 0 rings (SSSR count). The number of carbonyl (C=O) groups excluding carboxylic acids is 1. The summed E-state index contributed by atoms with van der Waals surface area (Å²) in [5, 5.41) is 7.73. The van der Waals surface area contributed by atoms with E-state index in [0.29, 0.717) is 15.6 Å². The average Bonchev–Trinajstić information content (AvgIpc) is 1.97. The van der Waals surface area contributed by atoms with Crippen LogP contribution >= 0.6 is 11.8 Å². The van der Waals surface area contributed by atoms with E-state index in [1.165, 1.54) is 6.92 Å². The summed E-state index contributed by atoms with van der Waals surface area (Å²) < 4.78 is 0. The molecule has 0 aliphatic carbocycles. The maximum absolute atomic E-state index is 10.9. The molecule has 5 heteroatoms. The SMILES string of the molecule is C=C(N)S/C(C(=N)C(C)=O)=C(/C)N. The molecule has 0 heterocycles. The Balaban J connectivity index is 4.86. The van der Waals surface area contributed by atoms with Gasteiger partial charge < -0.3 is 11.5 Å². The number of hydrogen-bond donors (Lipinski definition) is 3. The van der Waals surface area contributed by atoms with Gasteiger partial charge in [-0.2, -0.15) is 0 Å². The molecule has 0 amide bonds. The fourth-order valence-electron chi connectivity index (χ4n) is 0.620. The van der Waals surface area contributed by atoms with Crippen molar-refractivity contribution in [1.29, 1.82) is 5.41 Å². The zero-order valence-corrected chi connectivity index (χ0v) is 8.49. The van der Waals surface area contributed by atoms with E-state index in [1.54, 1.807) is 6.92 Å². The summed E-state index contributed by atoms with van der Waals surface area (Å²) in [6, 6.07) is 0. The van der Waals surface area contributed by atoms with Crippen LogP contribution in [0.3, 0.4) is 0 Å². The van der Waals surface area contributed by atoms with E-state index in [1.807, 2.05) is 0 Å². The molecule has 13 heavy (non-hydrogen) atoms. The van der Waals surface area contributed by atoms with E-state index >= 15 is 0 Å². The number of rotatable bonds is 4. The molecule has 0 aliphatic heterocycles. The van der Waals surface area contributed by atoms with Crippen LogP contribution in [0.5, 0.6) is 0 Å². The molecule has 0 aromatic heterocycles. The predicted octanol–water partition coefficient (Wildman–Crippen LogP) is 0.948. The summed E-state index contributed by atoms with van der Waals surface area (Å²) in [6.07, 6.45) is 0. The van der Waals surface area contributed by atoms with Gasteiger partial charge in [-0.1, -0.05) is 18.3 Å². The summed E-state index contributed by atoms with van der Waals surface area (Å²) >= 11 is 1.04. The lowest BCUT2D eigenvalue weighted by Crippen LogP contribution is -2.14. The van der Waals surface area contributed by atoms with Crippen molar-refractivity contribution in [3.05, 3.63) is 22.2 Å². The lowest BCUT2D eigenvalue weighted by molar-refractivity contribution is -0.111. The monoisotopic (exact) mass is 199 g/mol. The molecular weight excluding hydrogens is 186 g/mol. The van der Waals surface area contributed by atoms with Crippen molar-refractivity contribution in [1.82, 2.24) is 0 Å². The molecule has 0 saturated carbocycles. The molecule has 0 atom stereocenters. The Hall–Kier alpha value is -1.23. The highest BCUT2D eigenvalue weighted by Crippen LogP contribution is 2.23. The van der Waals surface area contributed by atoms with E-state index in [9.17, 15) is 4.79 Å². The molecule has 0 spiro atoms. The molecule has 0 bridgehead atoms. The molecule has 0 aromatic rings. The third-order valence-electron chi connectivity index (χ3n) is 1.17. The third-order valence-corrected chi connectivity index (χ3v) is 2.16. The van der Waals surface area contributed by atoms with Crippen LogP contribution in [0, 0.1) is 5.41 Å². The van der Waals surface area contributed by atoms with Crippen molar-refractivity contribution in [2.45, 2.75) is 13.8 Å². The standard InChI is InChI=1S/C8H13N3OS/c1-4(9)8(13-6(3)10)7(11)5(2)12/h11H,3,9-10H2,1-2H3/b8-4-,11-7?. The Morgan fingerprint density at radius 1 is 1.38 bits per heavy atom. The zero-order chi connectivity index (χ0) is 10.6. The number of ketones is 1. The van der Waals surface area contributed by atoms with Gasteiger partial charge in [0.1, 0.15) is 5.71 Å². The lowest BCUT2D eigenvalue weighted by Gasteiger charge is -2.07. The fraction of sp³-hybridized carbons (Fsp3) is 0.250. The van der Waals surface area contributed by atoms with Gasteiger partial charge in [-0.3, -0.25) is 10.2 Å². The molecule has 0 saturated heterocycles. The molecular formula is C8H13N3OS. The van der Waals surface area contributed by atoms with Gasteiger partial charge in [-0.25, -0.2) is 0 Å². The number of carbonyl (C=O) groups is 1. The third kappa shape index (κ3) is 3.80. The second-order valence-corrected chi connectivity index (χ2v) is 3.65. The highest BCUT2D eigenvalue weighted by molar-refractivity contribution is 8.07. The fourth-order valence-corrected chi connectivity index (χ4v) is 1.29. The highest BCUT2D eigenvalue weighted by atomic mass is 32.2. The van der Waals surface area contributed by atoms with Gasteiger partial charge in [0.05, 0.1) is 9.93 Å². The van der Waals surface area contributed by atoms with Gasteiger partial charge in [0.2, 0.25) is 0 Å². The number of nitrogens with one attached hydrogen (secondary N) is 1. The number of hydrogen-bond acceptors (Lipinski definition) is 5. The minimum absolute atomic E-state index is 0.128. The van der Waals surface area contributed by atoms with Crippen molar-refractivity contribution >= 4 is 23.3 Å². The Morgan fingerprint density at radius 3 is 2.08 bits per heavy atom. The van der Waals surface area contributed by atoms with Crippen LogP contribution in [0.2, 0.25) is 0 Å². The molecule has 0 fully saturated rings. The summed E-state index contributed by atoms with van der Waals surface area (Å²) in [5.74, 6) is -0.339. The molecule has 5 N–H and O–H groups in total. The van der Waals surface area contributed by atoms with Crippen molar-refractivity contribution in [3.8, 4) is 0 Å². The first kappa shape index (κ1) is 11.8. The first-order valence-electron chi connectivity index (χ1n) is 3.54. The van der Waals surface area contributed by atoms with Crippen molar-refractivity contribution in [3.63, 3.8) is 0 Å². The van der Waals surface area contributed by atoms with Crippen LogP contribution < -0.4 is 11.5 Å². The second kappa shape index (κ2) is 4.71. The van der Waals surface area contributed by atoms with Crippen LogP contribution in [0.25, 0.3) is 0 Å². The summed E-state index contributed by atoms with van der Waals surface area (Å²) in [6.45, 7) is 6.39. The van der Waals surface area contributed by atoms with E-state index in [-0.39, 0.29) is 11.5 Å². The van der Waals surface area contributed by atoms with E-state index in [2.05, 4.69) is 6.58 Å². The largest absolute Gasteiger partial charge is 0.401 e. The number of thioether (sulfide) groups is 1. The Bertz CT molecular complexity index is 290. The zero-order valence-electron chi connectivity index (χ0n) is 7.68. The first-order valence-corrected chi connectivity index (χ1v) is 4.36. The topological polar surface area (TPSA) is 93.0 Å². The number of Topliss-reactive ketones (excluding diaryl/α,β-unsaturated/α-hetero) is 1. The molecule has 0 radical (unpaired) electrons. The smallest absolute Gasteiger partial charge is 0.178 e. The Morgan fingerprint density at radius 2 is 1.85 bits per heavy atom. The van der Waals surface area contributed by atoms with Gasteiger partial charge in [-0.15, -0.1) is 0 Å². The predicted molar refractivity (Wildman–Crippen MR) is 56.2 cm³/mol. The first-order chi connectivity index (χ1) is 5.86. The molecule has 72 valence electrons. The van der Waals surface area contributed by atoms with Gasteiger partial charge in [0.15, 0.2) is 5.78 Å². The quantitative estimate of drug-likeness (QED) is 0.588. The minimum atomic E-state index is -0.339. The van der Waals surface area contributed by atoms with E-state index in [0.717, 1.165) is 11.8 Å². The van der Waals surface area contributed by atoms with Crippen LogP contribution in [0.15, 0.2) is 22.2 Å². The second-order valence-electron chi connectivity index (χ2n) is 2.51. The lowest BCUT2D eigenvalue weighted by atomic mass is 10.2. The highest BCUT2D eigenvalue weighted by Gasteiger charge is 2.13. The van der Waals surface area contributed by atoms with Crippen molar-refractivity contribution < 1.29 is 4.79 Å². The molecule has 4 nitrogen and oxygen atoms in total. The maximum atomic E-state index is 10.9. The number of nitrogens with two attached hydrogens (primary N) is 2. The van der Waals surface area contributed by atoms with E-state index < -0.39 is 0 Å². The Labute approximate surface area is 81.6 Å².